The van der Waals surface area contributed by atoms with Crippen LogP contribution in [0.3, 0.4) is 0 Å². The van der Waals surface area contributed by atoms with Gasteiger partial charge < -0.3 is 4.74 Å². The van der Waals surface area contributed by atoms with E-state index in [1.165, 1.54) is 24.2 Å². The predicted octanol–water partition coefficient (Wildman–Crippen LogP) is 1.03. The van der Waals surface area contributed by atoms with Crippen molar-refractivity contribution in [1.82, 2.24) is 20.0 Å². The van der Waals surface area contributed by atoms with Crippen LogP contribution in [0.5, 0.6) is 0 Å². The number of esters is 1. The van der Waals surface area contributed by atoms with Crippen molar-refractivity contribution in [2.24, 2.45) is 0 Å². The van der Waals surface area contributed by atoms with Gasteiger partial charge in [0, 0.05) is 11.8 Å². The van der Waals surface area contributed by atoms with Crippen molar-refractivity contribution in [2.45, 2.75) is 20.4 Å². The van der Waals surface area contributed by atoms with Crippen LogP contribution in [0.2, 0.25) is 0 Å². The van der Waals surface area contributed by atoms with Crippen LogP contribution in [0.4, 0.5) is 5.69 Å². The minimum absolute atomic E-state index is 0.0355. The zero-order valence-electron chi connectivity index (χ0n) is 11.7. The van der Waals surface area contributed by atoms with E-state index >= 15 is 0 Å². The summed E-state index contributed by atoms with van der Waals surface area (Å²) in [5.74, 6) is -0.596. The van der Waals surface area contributed by atoms with Gasteiger partial charge in [-0.3, -0.25) is 15.1 Å². The number of carbonyl (C=O) groups excluding carboxylic acids is 1. The molecule has 2 aromatic rings. The molecule has 110 valence electrons. The van der Waals surface area contributed by atoms with Gasteiger partial charge in [0.05, 0.1) is 36.0 Å². The molecule has 2 heterocycles. The van der Waals surface area contributed by atoms with Crippen LogP contribution < -0.4 is 0 Å². The van der Waals surface area contributed by atoms with E-state index in [1.54, 1.807) is 13.8 Å². The first-order chi connectivity index (χ1) is 9.93. The molecule has 0 saturated carbocycles. The van der Waals surface area contributed by atoms with E-state index in [9.17, 15) is 14.9 Å². The molecule has 0 atom stereocenters. The van der Waals surface area contributed by atoms with Crippen molar-refractivity contribution in [3.63, 3.8) is 0 Å². The topological polar surface area (TPSA) is 113 Å². The summed E-state index contributed by atoms with van der Waals surface area (Å²) in [5.41, 5.74) is 1.56. The number of aryl methyl sites for hydroxylation is 1. The second-order valence-corrected chi connectivity index (χ2v) is 4.41. The number of carbonyl (C=O) groups is 1. The highest BCUT2D eigenvalue weighted by molar-refractivity contribution is 5.86. The molecule has 2 rings (SSSR count). The second-order valence-electron chi connectivity index (χ2n) is 4.41. The molecule has 0 amide bonds. The smallest absolute Gasteiger partial charge is 0.360 e. The third-order valence-electron chi connectivity index (χ3n) is 3.00. The second kappa shape index (κ2) is 5.65. The summed E-state index contributed by atoms with van der Waals surface area (Å²) in [6.45, 7) is 3.44. The molecule has 0 unspecified atom stereocenters. The Bertz CT molecular complexity index is 710. The van der Waals surface area contributed by atoms with Gasteiger partial charge in [-0.25, -0.2) is 9.48 Å². The first-order valence-electron chi connectivity index (χ1n) is 6.02. The molecule has 0 N–H and O–H groups in total. The largest absolute Gasteiger partial charge is 0.464 e. The summed E-state index contributed by atoms with van der Waals surface area (Å²) in [6.07, 6.45) is 2.84. The summed E-state index contributed by atoms with van der Waals surface area (Å²) < 4.78 is 5.91. The van der Waals surface area contributed by atoms with E-state index < -0.39 is 10.9 Å². The molecular weight excluding hydrogens is 278 g/mol. The molecule has 9 nitrogen and oxygen atoms in total. The van der Waals surface area contributed by atoms with Gasteiger partial charge >= 0.3 is 5.97 Å². The number of aromatic nitrogens is 4. The first-order valence-corrected chi connectivity index (χ1v) is 6.02. The number of hydrogen-bond acceptors (Lipinski definition) is 7. The lowest BCUT2D eigenvalue weighted by Crippen LogP contribution is -2.08. The first kappa shape index (κ1) is 14.6. The SMILES string of the molecule is COC(=O)c1cn(Cc2ncc(C)c([N+](=O)[O-])c2C)nn1. The summed E-state index contributed by atoms with van der Waals surface area (Å²) in [7, 11) is 1.25. The average Bonchev–Trinajstić information content (AvgIpc) is 2.89. The highest BCUT2D eigenvalue weighted by atomic mass is 16.6. The van der Waals surface area contributed by atoms with Crippen LogP contribution >= 0.6 is 0 Å². The van der Waals surface area contributed by atoms with Crippen molar-refractivity contribution in [2.75, 3.05) is 7.11 Å². The Morgan fingerprint density at radius 1 is 1.48 bits per heavy atom. The van der Waals surface area contributed by atoms with Crippen molar-refractivity contribution in [3.05, 3.63) is 45.0 Å². The molecule has 9 heteroatoms. The van der Waals surface area contributed by atoms with Crippen LogP contribution in [-0.4, -0.2) is 38.0 Å². The number of nitrogens with zero attached hydrogens (tertiary/aromatic N) is 5. The van der Waals surface area contributed by atoms with E-state index in [0.29, 0.717) is 16.8 Å². The molecule has 0 aliphatic rings. The third kappa shape index (κ3) is 2.86. The fraction of sp³-hybridized carbons (Fsp3) is 0.333. The third-order valence-corrected chi connectivity index (χ3v) is 3.00. The van der Waals surface area contributed by atoms with Crippen molar-refractivity contribution >= 4 is 11.7 Å². The maximum absolute atomic E-state index is 11.3. The lowest BCUT2D eigenvalue weighted by atomic mass is 10.1. The van der Waals surface area contributed by atoms with Gasteiger partial charge in [-0.2, -0.15) is 0 Å². The molecule has 0 saturated heterocycles. The van der Waals surface area contributed by atoms with E-state index in [2.05, 4.69) is 20.0 Å². The Morgan fingerprint density at radius 2 is 2.19 bits per heavy atom. The van der Waals surface area contributed by atoms with Crippen LogP contribution in [-0.2, 0) is 11.3 Å². The summed E-state index contributed by atoms with van der Waals surface area (Å²) in [5, 5.41) is 18.5. The molecule has 0 spiro atoms. The molecule has 0 bridgehead atoms. The van der Waals surface area contributed by atoms with Crippen LogP contribution in [0.15, 0.2) is 12.4 Å². The molecule has 2 aromatic heterocycles. The van der Waals surface area contributed by atoms with E-state index in [0.717, 1.165) is 0 Å². The number of pyridine rings is 1. The number of rotatable bonds is 4. The lowest BCUT2D eigenvalue weighted by Gasteiger charge is -2.07. The quantitative estimate of drug-likeness (QED) is 0.469. The number of ether oxygens (including phenoxy) is 1. The standard InChI is InChI=1S/C12H13N5O4/c1-7-4-13-9(8(2)11(7)17(19)20)5-16-6-10(14-15-16)12(18)21-3/h4,6H,5H2,1-3H3. The average molecular weight is 291 g/mol. The summed E-state index contributed by atoms with van der Waals surface area (Å²) in [6, 6.07) is 0. The maximum atomic E-state index is 11.3. The minimum Gasteiger partial charge on any atom is -0.464 e. The lowest BCUT2D eigenvalue weighted by molar-refractivity contribution is -0.386. The van der Waals surface area contributed by atoms with E-state index in [-0.39, 0.29) is 17.9 Å². The molecule has 21 heavy (non-hydrogen) atoms. The molecule has 0 fully saturated rings. The number of hydrogen-bond donors (Lipinski definition) is 0. The zero-order valence-corrected chi connectivity index (χ0v) is 11.7. The van der Waals surface area contributed by atoms with Gasteiger partial charge in [0.1, 0.15) is 0 Å². The van der Waals surface area contributed by atoms with Crippen molar-refractivity contribution in [1.29, 1.82) is 0 Å². The molecule has 0 aliphatic carbocycles. The van der Waals surface area contributed by atoms with Crippen molar-refractivity contribution < 1.29 is 14.5 Å². The number of methoxy groups -OCH3 is 1. The van der Waals surface area contributed by atoms with Gasteiger partial charge in [-0.15, -0.1) is 5.10 Å². The van der Waals surface area contributed by atoms with Crippen LogP contribution in [0.1, 0.15) is 27.3 Å². The summed E-state index contributed by atoms with van der Waals surface area (Å²) in [4.78, 5) is 26.1. The highest BCUT2D eigenvalue weighted by Gasteiger charge is 2.19. The highest BCUT2D eigenvalue weighted by Crippen LogP contribution is 2.24. The van der Waals surface area contributed by atoms with Gasteiger partial charge in [-0.05, 0) is 13.8 Å². The van der Waals surface area contributed by atoms with E-state index in [4.69, 9.17) is 0 Å². The number of nitro groups is 1. The fourth-order valence-electron chi connectivity index (χ4n) is 1.93. The Kier molecular flexibility index (Phi) is 3.92. The van der Waals surface area contributed by atoms with Gasteiger partial charge in [0.15, 0.2) is 5.69 Å². The predicted molar refractivity (Wildman–Crippen MR) is 70.8 cm³/mol. The minimum atomic E-state index is -0.596. The molecule has 0 aromatic carbocycles. The normalized spacial score (nSPS) is 10.4. The molecule has 0 aliphatic heterocycles. The van der Waals surface area contributed by atoms with Gasteiger partial charge in [0.2, 0.25) is 0 Å². The maximum Gasteiger partial charge on any atom is 0.360 e. The Morgan fingerprint density at radius 3 is 2.81 bits per heavy atom. The van der Waals surface area contributed by atoms with Crippen molar-refractivity contribution in [3.8, 4) is 0 Å². The van der Waals surface area contributed by atoms with Crippen LogP contribution in [0, 0.1) is 24.0 Å². The zero-order chi connectivity index (χ0) is 15.6. The fourth-order valence-corrected chi connectivity index (χ4v) is 1.93. The van der Waals surface area contributed by atoms with Gasteiger partial charge in [-0.1, -0.05) is 5.21 Å². The molecular formula is C12H13N5O4. The Labute approximate surface area is 119 Å². The Balaban J connectivity index is 2.32. The van der Waals surface area contributed by atoms with E-state index in [1.807, 2.05) is 0 Å². The monoisotopic (exact) mass is 291 g/mol. The van der Waals surface area contributed by atoms with Gasteiger partial charge in [0.25, 0.3) is 5.69 Å². The Hall–Kier alpha value is -2.84. The van der Waals surface area contributed by atoms with Crippen LogP contribution in [0.25, 0.3) is 0 Å². The summed E-state index contributed by atoms with van der Waals surface area (Å²) >= 11 is 0. The molecule has 0 radical (unpaired) electrons.